The Labute approximate surface area is 141 Å². The number of carbonyl (C=O) groups is 1. The molecule has 2 rings (SSSR count). The Balaban J connectivity index is 2.03. The smallest absolute Gasteiger partial charge is 0.319 e. The number of hydrogen-bond acceptors (Lipinski definition) is 4. The molecule has 3 N–H and O–H groups in total. The topological polar surface area (TPSA) is 95.5 Å². The van der Waals surface area contributed by atoms with E-state index in [9.17, 15) is 18.3 Å². The van der Waals surface area contributed by atoms with Gasteiger partial charge < -0.3 is 15.7 Å². The first kappa shape index (κ1) is 18.0. The standard InChI is InChI=1S/C17H20N2O4S/c1-24(22,23)12-13-6-5-9-15(10-13)18-17(21)19-16(11-20)14-7-3-2-4-8-14/h2-10,16,20H,11-12H2,1H3,(H2,18,19,21)/t16-/m1/s1. The van der Waals surface area contributed by atoms with Gasteiger partial charge in [-0.3, -0.25) is 0 Å². The van der Waals surface area contributed by atoms with Crippen LogP contribution >= 0.6 is 0 Å². The molecule has 0 radical (unpaired) electrons. The van der Waals surface area contributed by atoms with Crippen molar-refractivity contribution in [2.45, 2.75) is 11.8 Å². The van der Waals surface area contributed by atoms with Gasteiger partial charge in [0.25, 0.3) is 0 Å². The van der Waals surface area contributed by atoms with Crippen molar-refractivity contribution in [3.8, 4) is 0 Å². The predicted octanol–water partition coefficient (Wildman–Crippen LogP) is 2.09. The van der Waals surface area contributed by atoms with Gasteiger partial charge in [-0.1, -0.05) is 42.5 Å². The number of carbonyl (C=O) groups excluding carboxylic acids is 1. The van der Waals surface area contributed by atoms with E-state index in [0.717, 1.165) is 11.8 Å². The molecule has 0 aromatic heterocycles. The molecule has 0 unspecified atom stereocenters. The van der Waals surface area contributed by atoms with E-state index in [2.05, 4.69) is 10.6 Å². The Morgan fingerprint density at radius 3 is 2.46 bits per heavy atom. The molecule has 2 aromatic rings. The SMILES string of the molecule is CS(=O)(=O)Cc1cccc(NC(=O)N[C@H](CO)c2ccccc2)c1. The summed E-state index contributed by atoms with van der Waals surface area (Å²) in [5.41, 5.74) is 1.87. The van der Waals surface area contributed by atoms with E-state index < -0.39 is 21.9 Å². The lowest BCUT2D eigenvalue weighted by atomic mass is 10.1. The van der Waals surface area contributed by atoms with Gasteiger partial charge in [0, 0.05) is 11.9 Å². The average molecular weight is 348 g/mol. The predicted molar refractivity (Wildman–Crippen MR) is 93.4 cm³/mol. The second-order valence-electron chi connectivity index (χ2n) is 5.51. The highest BCUT2D eigenvalue weighted by atomic mass is 32.2. The molecule has 0 aliphatic rings. The summed E-state index contributed by atoms with van der Waals surface area (Å²) in [4.78, 5) is 12.1. The van der Waals surface area contributed by atoms with Gasteiger partial charge >= 0.3 is 6.03 Å². The first-order valence-corrected chi connectivity index (χ1v) is 9.43. The van der Waals surface area contributed by atoms with Gasteiger partial charge in [-0.2, -0.15) is 0 Å². The molecule has 0 spiro atoms. The summed E-state index contributed by atoms with van der Waals surface area (Å²) in [5, 5.41) is 14.8. The Bertz CT molecular complexity index is 791. The molecule has 0 aliphatic heterocycles. The summed E-state index contributed by atoms with van der Waals surface area (Å²) in [6.45, 7) is -0.231. The van der Waals surface area contributed by atoms with Gasteiger partial charge in [0.1, 0.15) is 0 Å². The fraction of sp³-hybridized carbons (Fsp3) is 0.235. The number of rotatable bonds is 6. The van der Waals surface area contributed by atoms with Crippen LogP contribution in [0.25, 0.3) is 0 Å². The molecule has 2 aromatic carbocycles. The number of urea groups is 1. The molecule has 128 valence electrons. The molecule has 6 nitrogen and oxygen atoms in total. The Morgan fingerprint density at radius 1 is 1.12 bits per heavy atom. The maximum atomic E-state index is 12.1. The largest absolute Gasteiger partial charge is 0.394 e. The zero-order valence-corrected chi connectivity index (χ0v) is 14.1. The van der Waals surface area contributed by atoms with Gasteiger partial charge in [0.05, 0.1) is 18.4 Å². The number of nitrogens with one attached hydrogen (secondary N) is 2. The molecule has 1 atom stereocenters. The quantitative estimate of drug-likeness (QED) is 0.745. The van der Waals surface area contributed by atoms with Crippen LogP contribution in [0.1, 0.15) is 17.2 Å². The number of aliphatic hydroxyl groups is 1. The van der Waals surface area contributed by atoms with Gasteiger partial charge in [0.2, 0.25) is 0 Å². The van der Waals surface area contributed by atoms with Crippen LogP contribution in [0, 0.1) is 0 Å². The highest BCUT2D eigenvalue weighted by Crippen LogP contribution is 2.15. The van der Waals surface area contributed by atoms with Gasteiger partial charge in [-0.25, -0.2) is 13.2 Å². The minimum atomic E-state index is -3.14. The highest BCUT2D eigenvalue weighted by molar-refractivity contribution is 7.89. The number of hydrogen-bond donors (Lipinski definition) is 3. The normalized spacial score (nSPS) is 12.4. The van der Waals surface area contributed by atoms with Crippen LogP contribution in [0.3, 0.4) is 0 Å². The van der Waals surface area contributed by atoms with Crippen molar-refractivity contribution >= 4 is 21.6 Å². The summed E-state index contributed by atoms with van der Waals surface area (Å²) in [6, 6.07) is 14.8. The Hall–Kier alpha value is -2.38. The minimum Gasteiger partial charge on any atom is -0.394 e. The van der Waals surface area contributed by atoms with E-state index in [1.54, 1.807) is 24.3 Å². The molecule has 0 bridgehead atoms. The van der Waals surface area contributed by atoms with Crippen molar-refractivity contribution in [3.63, 3.8) is 0 Å². The van der Waals surface area contributed by atoms with Crippen LogP contribution in [-0.4, -0.2) is 32.4 Å². The van der Waals surface area contributed by atoms with Gasteiger partial charge in [-0.15, -0.1) is 0 Å². The molecule has 0 fully saturated rings. The molecule has 0 saturated heterocycles. The van der Waals surface area contributed by atoms with Crippen LogP contribution in [0.5, 0.6) is 0 Å². The maximum absolute atomic E-state index is 12.1. The number of anilines is 1. The third-order valence-electron chi connectivity index (χ3n) is 3.30. The highest BCUT2D eigenvalue weighted by Gasteiger charge is 2.13. The van der Waals surface area contributed by atoms with E-state index in [1.807, 2.05) is 30.3 Å². The summed E-state index contributed by atoms with van der Waals surface area (Å²) in [7, 11) is -3.14. The second-order valence-corrected chi connectivity index (χ2v) is 7.65. The maximum Gasteiger partial charge on any atom is 0.319 e. The lowest BCUT2D eigenvalue weighted by Crippen LogP contribution is -2.34. The van der Waals surface area contributed by atoms with Crippen LogP contribution in [0.2, 0.25) is 0 Å². The summed E-state index contributed by atoms with van der Waals surface area (Å²) >= 11 is 0. The molecule has 0 heterocycles. The van der Waals surface area contributed by atoms with E-state index in [4.69, 9.17) is 0 Å². The van der Waals surface area contributed by atoms with Crippen molar-refractivity contribution in [1.82, 2.24) is 5.32 Å². The monoisotopic (exact) mass is 348 g/mol. The van der Waals surface area contributed by atoms with E-state index >= 15 is 0 Å². The van der Waals surface area contributed by atoms with Crippen molar-refractivity contribution in [3.05, 3.63) is 65.7 Å². The van der Waals surface area contributed by atoms with Crippen molar-refractivity contribution < 1.29 is 18.3 Å². The number of benzene rings is 2. The van der Waals surface area contributed by atoms with E-state index in [0.29, 0.717) is 11.3 Å². The number of amides is 2. The summed E-state index contributed by atoms with van der Waals surface area (Å²) < 4.78 is 22.7. The van der Waals surface area contributed by atoms with Crippen molar-refractivity contribution in [2.24, 2.45) is 0 Å². The minimum absolute atomic E-state index is 0.0899. The van der Waals surface area contributed by atoms with Crippen molar-refractivity contribution in [2.75, 3.05) is 18.2 Å². The molecule has 0 aliphatic carbocycles. The number of aliphatic hydroxyl groups excluding tert-OH is 1. The second kappa shape index (κ2) is 7.94. The first-order valence-electron chi connectivity index (χ1n) is 7.37. The fourth-order valence-electron chi connectivity index (χ4n) is 2.29. The van der Waals surface area contributed by atoms with Crippen molar-refractivity contribution in [1.29, 1.82) is 0 Å². The first-order chi connectivity index (χ1) is 11.4. The third kappa shape index (κ3) is 5.68. The Morgan fingerprint density at radius 2 is 1.83 bits per heavy atom. The molecule has 24 heavy (non-hydrogen) atoms. The molecular formula is C17H20N2O4S. The lowest BCUT2D eigenvalue weighted by molar-refractivity contribution is 0.225. The van der Waals surface area contributed by atoms with Gasteiger partial charge in [0.15, 0.2) is 9.84 Å². The zero-order chi connectivity index (χ0) is 17.6. The van der Waals surface area contributed by atoms with Crippen LogP contribution in [-0.2, 0) is 15.6 Å². The molecule has 2 amide bonds. The lowest BCUT2D eigenvalue weighted by Gasteiger charge is -2.17. The van der Waals surface area contributed by atoms with Crippen LogP contribution in [0.4, 0.5) is 10.5 Å². The summed E-state index contributed by atoms with van der Waals surface area (Å²) in [6.07, 6.45) is 1.16. The zero-order valence-electron chi connectivity index (χ0n) is 13.3. The average Bonchev–Trinajstić information content (AvgIpc) is 2.52. The Kier molecular flexibility index (Phi) is 5.94. The summed E-state index contributed by atoms with van der Waals surface area (Å²) in [5.74, 6) is -0.0899. The van der Waals surface area contributed by atoms with Crippen LogP contribution < -0.4 is 10.6 Å². The van der Waals surface area contributed by atoms with Crippen LogP contribution in [0.15, 0.2) is 54.6 Å². The molecule has 0 saturated carbocycles. The van der Waals surface area contributed by atoms with Gasteiger partial charge in [-0.05, 0) is 23.3 Å². The van der Waals surface area contributed by atoms with E-state index in [1.165, 1.54) is 0 Å². The molecular weight excluding hydrogens is 328 g/mol. The van der Waals surface area contributed by atoms with E-state index in [-0.39, 0.29) is 12.4 Å². The number of sulfone groups is 1. The molecule has 7 heteroatoms. The fourth-order valence-corrected chi connectivity index (χ4v) is 3.07. The third-order valence-corrected chi connectivity index (χ3v) is 4.16.